The highest BCUT2D eigenvalue weighted by Gasteiger charge is 2.21. The molecule has 2 N–H and O–H groups in total. The van der Waals surface area contributed by atoms with E-state index in [1.807, 2.05) is 24.3 Å². The monoisotopic (exact) mass is 384 g/mol. The summed E-state index contributed by atoms with van der Waals surface area (Å²) in [6, 6.07) is 7.86. The van der Waals surface area contributed by atoms with Crippen LogP contribution in [0.4, 0.5) is 5.13 Å². The molecule has 3 heterocycles. The Labute approximate surface area is 160 Å². The van der Waals surface area contributed by atoms with E-state index in [4.69, 9.17) is 4.74 Å². The van der Waals surface area contributed by atoms with Crippen LogP contribution in [0.15, 0.2) is 30.5 Å². The fourth-order valence-corrected chi connectivity index (χ4v) is 3.85. The molecule has 1 aromatic carbocycles. The first kappa shape index (κ1) is 17.7. The molecule has 0 atom stereocenters. The van der Waals surface area contributed by atoms with Crippen molar-refractivity contribution in [3.05, 3.63) is 52.3 Å². The number of hydrogen-bond donors (Lipinski definition) is 2. The number of amides is 1. The van der Waals surface area contributed by atoms with E-state index in [-0.39, 0.29) is 11.4 Å². The Morgan fingerprint density at radius 2 is 2.11 bits per heavy atom. The Bertz CT molecular complexity index is 952. The minimum Gasteiger partial charge on any atom is -0.504 e. The molecule has 27 heavy (non-hydrogen) atoms. The van der Waals surface area contributed by atoms with Crippen molar-refractivity contribution >= 4 is 22.4 Å². The van der Waals surface area contributed by atoms with Crippen LogP contribution in [-0.4, -0.2) is 32.4 Å². The summed E-state index contributed by atoms with van der Waals surface area (Å²) in [6.45, 7) is 5.42. The van der Waals surface area contributed by atoms with Gasteiger partial charge in [-0.2, -0.15) is 5.10 Å². The van der Waals surface area contributed by atoms with Gasteiger partial charge in [0.1, 0.15) is 0 Å². The molecule has 0 saturated heterocycles. The van der Waals surface area contributed by atoms with Crippen LogP contribution < -0.4 is 5.32 Å². The first-order valence-electron chi connectivity index (χ1n) is 8.78. The van der Waals surface area contributed by atoms with Gasteiger partial charge < -0.3 is 9.84 Å². The molecule has 1 aliphatic heterocycles. The molecule has 3 aromatic rings. The Hall–Kier alpha value is -2.71. The molecule has 140 valence electrons. The highest BCUT2D eigenvalue weighted by Crippen LogP contribution is 2.28. The third kappa shape index (κ3) is 3.58. The van der Waals surface area contributed by atoms with Gasteiger partial charge in [0.2, 0.25) is 0 Å². The number of nitrogens with zero attached hydrogens (tertiary/aromatic N) is 3. The van der Waals surface area contributed by atoms with E-state index in [1.54, 1.807) is 0 Å². The zero-order valence-electron chi connectivity index (χ0n) is 15.1. The lowest BCUT2D eigenvalue weighted by Gasteiger charge is -2.08. The second kappa shape index (κ2) is 7.13. The van der Waals surface area contributed by atoms with Gasteiger partial charge in [0.25, 0.3) is 5.91 Å². The number of carbonyl (C=O) groups is 1. The molecule has 8 heteroatoms. The fourth-order valence-electron chi connectivity index (χ4n) is 2.91. The van der Waals surface area contributed by atoms with Crippen LogP contribution in [0, 0.1) is 0 Å². The molecule has 0 bridgehead atoms. The lowest BCUT2D eigenvalue weighted by atomic mass is 10.0. The van der Waals surface area contributed by atoms with Crippen LogP contribution in [0.5, 0.6) is 5.75 Å². The van der Waals surface area contributed by atoms with Gasteiger partial charge in [-0.15, -0.1) is 0 Å². The summed E-state index contributed by atoms with van der Waals surface area (Å²) in [5.74, 6) is -0.233. The first-order valence-corrected chi connectivity index (χ1v) is 9.59. The predicted octanol–water partition coefficient (Wildman–Crippen LogP) is 3.48. The largest absolute Gasteiger partial charge is 0.504 e. The average molecular weight is 384 g/mol. The summed E-state index contributed by atoms with van der Waals surface area (Å²) in [5.41, 5.74) is 2.91. The van der Waals surface area contributed by atoms with Crippen molar-refractivity contribution in [3.8, 4) is 11.4 Å². The van der Waals surface area contributed by atoms with E-state index in [9.17, 15) is 9.90 Å². The standard InChI is InChI=1S/C19H20N4O3S/c1-11(2)12-3-5-13(6-4-12)23-9-15(24)17(22-23)18(25)21-19-20-14-7-8-26-10-16(14)27-19/h3-6,9,11,24H,7-8,10H2,1-2H3,(H,20,21,25). The molecular formula is C19H20N4O3S. The molecule has 4 rings (SSSR count). The summed E-state index contributed by atoms with van der Waals surface area (Å²) in [6.07, 6.45) is 2.17. The zero-order chi connectivity index (χ0) is 19.0. The maximum atomic E-state index is 12.5. The topological polar surface area (TPSA) is 89.3 Å². The summed E-state index contributed by atoms with van der Waals surface area (Å²) < 4.78 is 6.89. The molecule has 0 saturated carbocycles. The molecule has 0 radical (unpaired) electrons. The van der Waals surface area contributed by atoms with E-state index in [1.165, 1.54) is 27.8 Å². The molecule has 0 unspecified atom stereocenters. The summed E-state index contributed by atoms with van der Waals surface area (Å²) in [5, 5.41) is 17.6. The maximum absolute atomic E-state index is 12.5. The fraction of sp³-hybridized carbons (Fsp3) is 0.316. The smallest absolute Gasteiger partial charge is 0.281 e. The number of aromatic hydroxyl groups is 1. The van der Waals surface area contributed by atoms with Crippen molar-refractivity contribution in [2.24, 2.45) is 0 Å². The van der Waals surface area contributed by atoms with Crippen molar-refractivity contribution in [1.82, 2.24) is 14.8 Å². The van der Waals surface area contributed by atoms with Gasteiger partial charge in [0.05, 0.1) is 35.7 Å². The van der Waals surface area contributed by atoms with Crippen molar-refractivity contribution in [2.75, 3.05) is 11.9 Å². The minimum atomic E-state index is -0.489. The summed E-state index contributed by atoms with van der Waals surface area (Å²) in [7, 11) is 0. The Morgan fingerprint density at radius 3 is 2.81 bits per heavy atom. The van der Waals surface area contributed by atoms with Gasteiger partial charge in [-0.1, -0.05) is 37.3 Å². The number of ether oxygens (including phenoxy) is 1. The molecule has 0 fully saturated rings. The maximum Gasteiger partial charge on any atom is 0.281 e. The predicted molar refractivity (Wildman–Crippen MR) is 103 cm³/mol. The van der Waals surface area contributed by atoms with Crippen molar-refractivity contribution in [3.63, 3.8) is 0 Å². The Morgan fingerprint density at radius 1 is 1.33 bits per heavy atom. The third-order valence-electron chi connectivity index (χ3n) is 4.45. The van der Waals surface area contributed by atoms with Gasteiger partial charge in [0.15, 0.2) is 16.6 Å². The van der Waals surface area contributed by atoms with E-state index < -0.39 is 5.91 Å². The van der Waals surface area contributed by atoms with Gasteiger partial charge in [0, 0.05) is 6.42 Å². The number of anilines is 1. The number of benzene rings is 1. The average Bonchev–Trinajstić information content (AvgIpc) is 3.24. The van der Waals surface area contributed by atoms with Crippen molar-refractivity contribution in [2.45, 2.75) is 32.8 Å². The zero-order valence-corrected chi connectivity index (χ0v) is 15.9. The Balaban J connectivity index is 1.53. The molecule has 1 aliphatic rings. The number of nitrogens with one attached hydrogen (secondary N) is 1. The second-order valence-electron chi connectivity index (χ2n) is 6.70. The van der Waals surface area contributed by atoms with Crippen molar-refractivity contribution < 1.29 is 14.6 Å². The summed E-state index contributed by atoms with van der Waals surface area (Å²) >= 11 is 1.39. The number of fused-ring (bicyclic) bond motifs is 1. The molecule has 7 nitrogen and oxygen atoms in total. The van der Waals surface area contributed by atoms with Crippen LogP contribution in [0.25, 0.3) is 5.69 Å². The lowest BCUT2D eigenvalue weighted by molar-refractivity contribution is 0.101. The molecule has 0 spiro atoms. The van der Waals surface area contributed by atoms with Crippen LogP contribution in [0.3, 0.4) is 0 Å². The first-order chi connectivity index (χ1) is 13.0. The van der Waals surface area contributed by atoms with Crippen LogP contribution >= 0.6 is 11.3 Å². The number of thiazole rings is 1. The van der Waals surface area contributed by atoms with Crippen molar-refractivity contribution in [1.29, 1.82) is 0 Å². The highest BCUT2D eigenvalue weighted by atomic mass is 32.1. The Kier molecular flexibility index (Phi) is 4.67. The van der Waals surface area contributed by atoms with Crippen LogP contribution in [0.1, 0.15) is 46.4 Å². The summed E-state index contributed by atoms with van der Waals surface area (Å²) in [4.78, 5) is 18.0. The lowest BCUT2D eigenvalue weighted by Crippen LogP contribution is -2.13. The third-order valence-corrected chi connectivity index (χ3v) is 5.44. The second-order valence-corrected chi connectivity index (χ2v) is 7.78. The number of carbonyl (C=O) groups excluding carboxylic acids is 1. The van der Waals surface area contributed by atoms with Gasteiger partial charge in [-0.05, 0) is 23.6 Å². The normalized spacial score (nSPS) is 13.6. The van der Waals surface area contributed by atoms with Crippen LogP contribution in [-0.2, 0) is 17.8 Å². The van der Waals surface area contributed by atoms with E-state index >= 15 is 0 Å². The molecular weight excluding hydrogens is 364 g/mol. The quantitative estimate of drug-likeness (QED) is 0.719. The van der Waals surface area contributed by atoms with E-state index in [2.05, 4.69) is 29.2 Å². The highest BCUT2D eigenvalue weighted by molar-refractivity contribution is 7.15. The van der Waals surface area contributed by atoms with Crippen LogP contribution in [0.2, 0.25) is 0 Å². The number of rotatable bonds is 4. The molecule has 1 amide bonds. The SMILES string of the molecule is CC(C)c1ccc(-n2cc(O)c(C(=O)Nc3nc4c(s3)COCC4)n2)cc1. The van der Waals surface area contributed by atoms with Gasteiger partial charge in [-0.25, -0.2) is 9.67 Å². The molecule has 0 aliphatic carbocycles. The number of hydrogen-bond acceptors (Lipinski definition) is 6. The number of aromatic nitrogens is 3. The minimum absolute atomic E-state index is 0.0349. The van der Waals surface area contributed by atoms with E-state index in [0.29, 0.717) is 24.3 Å². The van der Waals surface area contributed by atoms with E-state index in [0.717, 1.165) is 22.7 Å². The molecule has 2 aromatic heterocycles. The van der Waals surface area contributed by atoms with Gasteiger partial charge >= 0.3 is 0 Å². The van der Waals surface area contributed by atoms with Gasteiger partial charge in [-0.3, -0.25) is 10.1 Å².